The lowest BCUT2D eigenvalue weighted by Crippen LogP contribution is -1.99. The summed E-state index contributed by atoms with van der Waals surface area (Å²) >= 11 is 3.84. The highest BCUT2D eigenvalue weighted by Gasteiger charge is 1.85. The monoisotopic (exact) mass is 142 g/mol. The molecule has 50 valence electrons. The maximum atomic E-state index is 4.06. The fraction of sp³-hybridized carbons (Fsp3) is 0.167. The molecule has 0 saturated carbocycles. The molecule has 0 amide bonds. The van der Waals surface area contributed by atoms with Gasteiger partial charge in [0.05, 0.1) is 5.69 Å². The fourth-order valence-electron chi connectivity index (χ4n) is 0.584. The molecule has 1 aromatic heterocycles. The van der Waals surface area contributed by atoms with Crippen LogP contribution in [-0.4, -0.2) is 4.98 Å². The highest BCUT2D eigenvalue weighted by molar-refractivity contribution is 7.78. The highest BCUT2D eigenvalue weighted by atomic mass is 32.1. The van der Waals surface area contributed by atoms with Gasteiger partial charge in [-0.1, -0.05) is 18.9 Å². The van der Waals surface area contributed by atoms with Gasteiger partial charge in [0.15, 0.2) is 0 Å². The van der Waals surface area contributed by atoms with E-state index in [0.717, 1.165) is 5.69 Å². The summed E-state index contributed by atoms with van der Waals surface area (Å²) in [7, 11) is 0. The molecule has 1 heterocycles. The van der Waals surface area contributed by atoms with E-state index >= 15 is 0 Å². The lowest BCUT2D eigenvalue weighted by molar-refractivity contribution is 0.928. The van der Waals surface area contributed by atoms with Gasteiger partial charge in [0.2, 0.25) is 0 Å². The topological polar surface area (TPSA) is 24.9 Å². The second-order valence-corrected chi connectivity index (χ2v) is 1.97. The summed E-state index contributed by atoms with van der Waals surface area (Å²) in [5.41, 5.74) is 1.01. The van der Waals surface area contributed by atoms with Crippen molar-refractivity contribution in [1.29, 1.82) is 0 Å². The molecular weight excluding hydrogens is 132 g/mol. The molecule has 0 unspecified atom stereocenters. The summed E-state index contributed by atoms with van der Waals surface area (Å²) in [5, 5.41) is 0. The predicted molar refractivity (Wildman–Crippen MR) is 42.2 cm³/mol. The van der Waals surface area contributed by atoms with Crippen molar-refractivity contribution in [2.24, 2.45) is 0 Å². The Morgan fingerprint density at radius 3 is 3.11 bits per heavy atom. The van der Waals surface area contributed by atoms with Crippen molar-refractivity contribution in [1.82, 2.24) is 9.71 Å². The molecule has 0 aliphatic heterocycles. The summed E-state index contributed by atoms with van der Waals surface area (Å²) < 4.78 is 2.72. The third-order valence-corrected chi connectivity index (χ3v) is 1.14. The van der Waals surface area contributed by atoms with Gasteiger partial charge in [0.1, 0.15) is 0 Å². The van der Waals surface area contributed by atoms with Gasteiger partial charge >= 0.3 is 0 Å². The van der Waals surface area contributed by atoms with E-state index in [2.05, 4.69) is 22.5 Å². The number of hydrogen-bond donors (Lipinski definition) is 2. The first-order valence-electron chi connectivity index (χ1n) is 2.70. The van der Waals surface area contributed by atoms with Gasteiger partial charge in [-0.25, -0.2) is 0 Å². The van der Waals surface area contributed by atoms with Crippen molar-refractivity contribution in [2.45, 2.75) is 6.54 Å². The number of nitrogens with zero attached hydrogens (tertiary/aromatic N) is 1. The van der Waals surface area contributed by atoms with E-state index in [1.807, 2.05) is 18.2 Å². The minimum Gasteiger partial charge on any atom is -0.261 e. The first-order chi connectivity index (χ1) is 4.43. The summed E-state index contributed by atoms with van der Waals surface area (Å²) in [6.07, 6.45) is 1.76. The molecule has 0 atom stereocenters. The first kappa shape index (κ1) is 6.58. The molecule has 3 heteroatoms. The summed E-state index contributed by atoms with van der Waals surface area (Å²) in [4.78, 5) is 4.06. The third kappa shape index (κ3) is 2.03. The van der Waals surface area contributed by atoms with Gasteiger partial charge in [-0.15, -0.1) is 0 Å². The third-order valence-electron chi connectivity index (χ3n) is 0.986. The Morgan fingerprint density at radius 2 is 2.56 bits per heavy atom. The van der Waals surface area contributed by atoms with Crippen LogP contribution in [0.15, 0.2) is 24.4 Å². The number of pyridine rings is 1. The van der Waals surface area contributed by atoms with Gasteiger partial charge in [-0.2, -0.15) is 0 Å². The standard InChI is InChI=1S/C6H8N2S.H2/c9-8-5-6-3-1-2-4-7-6;/h1-4,8-9H,5H2;1H. The lowest BCUT2D eigenvalue weighted by atomic mass is 10.4. The maximum Gasteiger partial charge on any atom is 0.0550 e. The van der Waals surface area contributed by atoms with Crippen LogP contribution in [0.1, 0.15) is 7.12 Å². The number of thiol groups is 1. The van der Waals surface area contributed by atoms with Gasteiger partial charge in [-0.05, 0) is 12.1 Å². The smallest absolute Gasteiger partial charge is 0.0550 e. The maximum absolute atomic E-state index is 4.06. The van der Waals surface area contributed by atoms with E-state index in [9.17, 15) is 0 Å². The zero-order chi connectivity index (χ0) is 6.53. The second-order valence-electron chi connectivity index (χ2n) is 1.66. The minimum atomic E-state index is 0. The van der Waals surface area contributed by atoms with Crippen molar-refractivity contribution in [2.75, 3.05) is 0 Å². The van der Waals surface area contributed by atoms with Gasteiger partial charge in [-0.3, -0.25) is 9.71 Å². The molecule has 0 radical (unpaired) electrons. The molecule has 0 fully saturated rings. The Bertz CT molecular complexity index is 169. The van der Waals surface area contributed by atoms with Crippen LogP contribution in [0.25, 0.3) is 0 Å². The Morgan fingerprint density at radius 1 is 1.67 bits per heavy atom. The lowest BCUT2D eigenvalue weighted by Gasteiger charge is -1.94. The van der Waals surface area contributed by atoms with E-state index in [-0.39, 0.29) is 1.43 Å². The minimum absolute atomic E-state index is 0. The predicted octanol–water partition coefficient (Wildman–Crippen LogP) is 1.26. The van der Waals surface area contributed by atoms with Crippen molar-refractivity contribution < 1.29 is 1.43 Å². The van der Waals surface area contributed by atoms with Crippen molar-refractivity contribution in [3.63, 3.8) is 0 Å². The van der Waals surface area contributed by atoms with Crippen LogP contribution in [0.4, 0.5) is 0 Å². The van der Waals surface area contributed by atoms with Crippen LogP contribution in [0.3, 0.4) is 0 Å². The Labute approximate surface area is 61.3 Å². The molecule has 0 aromatic carbocycles. The molecule has 0 aliphatic rings. The van der Waals surface area contributed by atoms with Crippen LogP contribution >= 0.6 is 12.8 Å². The zero-order valence-electron chi connectivity index (χ0n) is 4.91. The summed E-state index contributed by atoms with van der Waals surface area (Å²) in [5.74, 6) is 0. The molecule has 9 heavy (non-hydrogen) atoms. The number of nitrogens with one attached hydrogen (secondary N) is 1. The number of aromatic nitrogens is 1. The van der Waals surface area contributed by atoms with E-state index in [0.29, 0.717) is 6.54 Å². The van der Waals surface area contributed by atoms with Crippen LogP contribution in [0, 0.1) is 0 Å². The van der Waals surface area contributed by atoms with Crippen LogP contribution in [-0.2, 0) is 6.54 Å². The molecule has 2 nitrogen and oxygen atoms in total. The first-order valence-corrected chi connectivity index (χ1v) is 3.15. The average Bonchev–Trinajstić information content (AvgIpc) is 1.91. The molecule has 0 saturated heterocycles. The van der Waals surface area contributed by atoms with Crippen LogP contribution in [0.2, 0.25) is 0 Å². The fourth-order valence-corrected chi connectivity index (χ4v) is 0.746. The molecule has 1 N–H and O–H groups in total. The highest BCUT2D eigenvalue weighted by Crippen LogP contribution is 1.91. The molecule has 0 aliphatic carbocycles. The summed E-state index contributed by atoms with van der Waals surface area (Å²) in [6.45, 7) is 0.712. The van der Waals surface area contributed by atoms with Crippen LogP contribution < -0.4 is 4.72 Å². The van der Waals surface area contributed by atoms with Crippen molar-refractivity contribution >= 4 is 12.8 Å². The van der Waals surface area contributed by atoms with Gasteiger partial charge in [0, 0.05) is 14.2 Å². The number of rotatable bonds is 2. The molecule has 1 rings (SSSR count). The van der Waals surface area contributed by atoms with Crippen molar-refractivity contribution in [3.05, 3.63) is 30.1 Å². The second kappa shape index (κ2) is 3.48. The largest absolute Gasteiger partial charge is 0.261 e. The molecule has 1 aromatic rings. The Kier molecular flexibility index (Phi) is 2.54. The normalized spacial score (nSPS) is 9.44. The molecular formula is C6H10N2S. The molecule has 0 bridgehead atoms. The Hall–Kier alpha value is -0.540. The van der Waals surface area contributed by atoms with Gasteiger partial charge in [0.25, 0.3) is 0 Å². The van der Waals surface area contributed by atoms with E-state index < -0.39 is 0 Å². The quantitative estimate of drug-likeness (QED) is 0.608. The average molecular weight is 142 g/mol. The summed E-state index contributed by atoms with van der Waals surface area (Å²) in [6, 6.07) is 5.79. The van der Waals surface area contributed by atoms with E-state index in [1.165, 1.54) is 0 Å². The van der Waals surface area contributed by atoms with Crippen molar-refractivity contribution in [3.8, 4) is 0 Å². The molecule has 0 spiro atoms. The number of hydrogen-bond acceptors (Lipinski definition) is 3. The zero-order valence-corrected chi connectivity index (χ0v) is 5.81. The van der Waals surface area contributed by atoms with E-state index in [1.54, 1.807) is 6.20 Å². The SMILES string of the molecule is SNCc1ccccn1.[HH]. The van der Waals surface area contributed by atoms with Crippen LogP contribution in [0.5, 0.6) is 0 Å². The van der Waals surface area contributed by atoms with Gasteiger partial charge < -0.3 is 0 Å². The van der Waals surface area contributed by atoms with E-state index in [4.69, 9.17) is 0 Å². The Balaban J connectivity index is 0.000000810.